The standard InChI is InChI=1S/C29H37F2N8O3P/c1-18-33-27-21(30)14-20(15-24(27)39(18)29(2,3)4)26-22(31)16-32-28(36-26)35-25-7-6-19-17-38(9-8-23(19)34-25)11-10-37(5)12-13-43(40,41)42/h6-7,14-16H,8-13,17H2,1-5H3,(H2,40,41,42)(H,32,34,35,36). The quantitative estimate of drug-likeness (QED) is 0.233. The number of rotatable bonds is 9. The van der Waals surface area contributed by atoms with Crippen LogP contribution in [0.4, 0.5) is 20.5 Å². The van der Waals surface area contributed by atoms with Crippen molar-refractivity contribution in [1.29, 1.82) is 0 Å². The molecule has 0 saturated heterocycles. The van der Waals surface area contributed by atoms with Crippen molar-refractivity contribution >= 4 is 30.4 Å². The van der Waals surface area contributed by atoms with Gasteiger partial charge in [0, 0.05) is 55.9 Å². The summed E-state index contributed by atoms with van der Waals surface area (Å²) in [5.74, 6) is 0.0971. The third kappa shape index (κ3) is 7.25. The van der Waals surface area contributed by atoms with Crippen molar-refractivity contribution in [2.24, 2.45) is 0 Å². The Morgan fingerprint density at radius 3 is 2.58 bits per heavy atom. The second kappa shape index (κ2) is 12.0. The van der Waals surface area contributed by atoms with E-state index in [1.54, 1.807) is 6.07 Å². The molecule has 3 N–H and O–H groups in total. The number of nitrogens with one attached hydrogen (secondary N) is 1. The van der Waals surface area contributed by atoms with Crippen LogP contribution in [0.2, 0.25) is 0 Å². The summed E-state index contributed by atoms with van der Waals surface area (Å²) in [6, 6.07) is 6.75. The molecule has 1 aromatic carbocycles. The smallest absolute Gasteiger partial charge is 0.324 e. The number of hydrogen-bond donors (Lipinski definition) is 3. The minimum atomic E-state index is -4.00. The molecule has 0 bridgehead atoms. The molecule has 4 heterocycles. The van der Waals surface area contributed by atoms with E-state index in [4.69, 9.17) is 14.8 Å². The summed E-state index contributed by atoms with van der Waals surface area (Å²) in [6.45, 7) is 11.1. The molecule has 0 unspecified atom stereocenters. The van der Waals surface area contributed by atoms with Gasteiger partial charge in [0.2, 0.25) is 5.95 Å². The minimum absolute atomic E-state index is 0.0306. The van der Waals surface area contributed by atoms with Crippen LogP contribution >= 0.6 is 7.60 Å². The van der Waals surface area contributed by atoms with E-state index in [1.807, 2.05) is 56.3 Å². The maximum absolute atomic E-state index is 15.1. The van der Waals surface area contributed by atoms with Gasteiger partial charge in [-0.05, 0) is 58.5 Å². The Labute approximate surface area is 249 Å². The number of anilines is 2. The van der Waals surface area contributed by atoms with Gasteiger partial charge in [-0.2, -0.15) is 0 Å². The molecule has 3 aromatic heterocycles. The fourth-order valence-electron chi connectivity index (χ4n) is 5.44. The molecule has 0 radical (unpaired) electrons. The topological polar surface area (TPSA) is 133 Å². The van der Waals surface area contributed by atoms with Crippen LogP contribution in [0.25, 0.3) is 22.3 Å². The predicted octanol–water partition coefficient (Wildman–Crippen LogP) is 4.44. The summed E-state index contributed by atoms with van der Waals surface area (Å²) in [7, 11) is -2.15. The molecule has 0 saturated carbocycles. The largest absolute Gasteiger partial charge is 0.326 e. The maximum atomic E-state index is 15.1. The molecule has 1 aliphatic heterocycles. The third-order valence-corrected chi connectivity index (χ3v) is 8.29. The summed E-state index contributed by atoms with van der Waals surface area (Å²) >= 11 is 0. The van der Waals surface area contributed by atoms with Gasteiger partial charge in [-0.25, -0.2) is 28.7 Å². The Hall–Kier alpha value is -3.35. The van der Waals surface area contributed by atoms with Gasteiger partial charge in [0.1, 0.15) is 22.9 Å². The van der Waals surface area contributed by atoms with Crippen LogP contribution in [-0.4, -0.2) is 83.5 Å². The zero-order valence-corrected chi connectivity index (χ0v) is 25.9. The Morgan fingerprint density at radius 2 is 1.86 bits per heavy atom. The van der Waals surface area contributed by atoms with Crippen LogP contribution in [0.5, 0.6) is 0 Å². The third-order valence-electron chi connectivity index (χ3n) is 7.51. The lowest BCUT2D eigenvalue weighted by molar-refractivity contribution is 0.213. The van der Waals surface area contributed by atoms with Crippen molar-refractivity contribution in [2.45, 2.75) is 46.2 Å². The van der Waals surface area contributed by atoms with Crippen LogP contribution in [0.15, 0.2) is 30.5 Å². The van der Waals surface area contributed by atoms with Crippen molar-refractivity contribution in [3.63, 3.8) is 0 Å². The van der Waals surface area contributed by atoms with Crippen LogP contribution < -0.4 is 5.32 Å². The number of hydrogen-bond acceptors (Lipinski definition) is 8. The molecule has 0 fully saturated rings. The molecule has 0 amide bonds. The van der Waals surface area contributed by atoms with Gasteiger partial charge in [0.25, 0.3) is 0 Å². The summed E-state index contributed by atoms with van der Waals surface area (Å²) < 4.78 is 43.2. The molecule has 11 nitrogen and oxygen atoms in total. The monoisotopic (exact) mass is 614 g/mol. The molecular weight excluding hydrogens is 577 g/mol. The number of imidazole rings is 1. The van der Waals surface area contributed by atoms with Gasteiger partial charge in [-0.15, -0.1) is 0 Å². The lowest BCUT2D eigenvalue weighted by Gasteiger charge is -2.30. The molecule has 1 aliphatic rings. The number of halogens is 2. The van der Waals surface area contributed by atoms with E-state index >= 15 is 4.39 Å². The lowest BCUT2D eigenvalue weighted by Crippen LogP contribution is -2.37. The van der Waals surface area contributed by atoms with Crippen molar-refractivity contribution in [3.05, 3.63) is 59.2 Å². The molecule has 0 atom stereocenters. The van der Waals surface area contributed by atoms with E-state index in [1.165, 1.54) is 6.07 Å². The van der Waals surface area contributed by atoms with E-state index in [-0.39, 0.29) is 34.4 Å². The lowest BCUT2D eigenvalue weighted by atomic mass is 10.1. The Morgan fingerprint density at radius 1 is 1.09 bits per heavy atom. The highest BCUT2D eigenvalue weighted by molar-refractivity contribution is 7.51. The number of benzene rings is 1. The van der Waals surface area contributed by atoms with Crippen LogP contribution in [0.1, 0.15) is 37.9 Å². The highest BCUT2D eigenvalue weighted by atomic mass is 31.2. The Bertz CT molecular complexity index is 1700. The van der Waals surface area contributed by atoms with Gasteiger partial charge in [0.05, 0.1) is 17.9 Å². The van der Waals surface area contributed by atoms with E-state index in [0.29, 0.717) is 36.8 Å². The first-order chi connectivity index (χ1) is 20.2. The SMILES string of the molecule is Cc1nc2c(F)cc(-c3nc(Nc4ccc5c(n4)CCN(CCN(C)CCP(=O)(O)O)C5)ncc3F)cc2n1C(C)(C)C. The van der Waals surface area contributed by atoms with E-state index < -0.39 is 19.2 Å². The fourth-order valence-corrected chi connectivity index (χ4v) is 6.04. The van der Waals surface area contributed by atoms with Crippen molar-refractivity contribution in [3.8, 4) is 11.3 Å². The van der Waals surface area contributed by atoms with Crippen molar-refractivity contribution in [2.75, 3.05) is 44.7 Å². The predicted molar refractivity (Wildman–Crippen MR) is 161 cm³/mol. The van der Waals surface area contributed by atoms with Gasteiger partial charge in [-0.1, -0.05) is 6.07 Å². The number of fused-ring (bicyclic) bond motifs is 2. The second-order valence-corrected chi connectivity index (χ2v) is 13.8. The highest BCUT2D eigenvalue weighted by Gasteiger charge is 2.24. The number of likely N-dealkylation sites (N-methyl/N-ethyl adjacent to an activating group) is 1. The van der Waals surface area contributed by atoms with Gasteiger partial charge in [-0.3, -0.25) is 9.46 Å². The molecule has 0 aliphatic carbocycles. The maximum Gasteiger partial charge on any atom is 0.326 e. The number of nitrogens with zero attached hydrogens (tertiary/aromatic N) is 7. The second-order valence-electron chi connectivity index (χ2n) is 12.0. The van der Waals surface area contributed by atoms with E-state index in [9.17, 15) is 8.96 Å². The molecule has 5 rings (SSSR count). The van der Waals surface area contributed by atoms with Crippen molar-refractivity contribution in [1.82, 2.24) is 34.3 Å². The Kier molecular flexibility index (Phi) is 8.65. The van der Waals surface area contributed by atoms with Crippen LogP contribution in [0, 0.1) is 18.6 Å². The minimum Gasteiger partial charge on any atom is -0.324 e. The zero-order valence-electron chi connectivity index (χ0n) is 25.0. The normalized spacial score (nSPS) is 14.5. The first-order valence-electron chi connectivity index (χ1n) is 14.1. The van der Waals surface area contributed by atoms with Gasteiger partial charge >= 0.3 is 7.60 Å². The summed E-state index contributed by atoms with van der Waals surface area (Å²) in [6.07, 6.45) is 1.64. The number of pyridine rings is 1. The summed E-state index contributed by atoms with van der Waals surface area (Å²) in [5, 5.41) is 3.07. The van der Waals surface area contributed by atoms with E-state index in [2.05, 4.69) is 25.2 Å². The van der Waals surface area contributed by atoms with Crippen molar-refractivity contribution < 1.29 is 23.1 Å². The first kappa shape index (κ1) is 31.1. The van der Waals surface area contributed by atoms with Crippen LogP contribution in [-0.2, 0) is 23.1 Å². The fraction of sp³-hybridized carbons (Fsp3) is 0.448. The highest BCUT2D eigenvalue weighted by Crippen LogP contribution is 2.34. The Balaban J connectivity index is 1.30. The first-order valence-corrected chi connectivity index (χ1v) is 15.9. The molecule has 43 heavy (non-hydrogen) atoms. The molecule has 14 heteroatoms. The summed E-state index contributed by atoms with van der Waals surface area (Å²) in [5.41, 5.74) is 2.71. The molecular formula is C29H37F2N8O3P. The number of aromatic nitrogens is 5. The number of aryl methyl sites for hydroxylation is 1. The molecule has 230 valence electrons. The average molecular weight is 615 g/mol. The summed E-state index contributed by atoms with van der Waals surface area (Å²) in [4.78, 5) is 40.0. The average Bonchev–Trinajstić information content (AvgIpc) is 3.28. The molecule has 0 spiro atoms. The van der Waals surface area contributed by atoms with E-state index in [0.717, 1.165) is 37.0 Å². The van der Waals surface area contributed by atoms with Gasteiger partial charge < -0.3 is 24.6 Å². The van der Waals surface area contributed by atoms with Crippen LogP contribution in [0.3, 0.4) is 0 Å². The van der Waals surface area contributed by atoms with Gasteiger partial charge in [0.15, 0.2) is 11.6 Å². The zero-order chi connectivity index (χ0) is 31.1. The molecule has 4 aromatic rings.